The van der Waals surface area contributed by atoms with Crippen molar-refractivity contribution in [3.05, 3.63) is 95.1 Å². The third-order valence-electron chi connectivity index (χ3n) is 13.0. The monoisotopic (exact) mass is 725 g/mol. The van der Waals surface area contributed by atoms with Crippen LogP contribution in [0.2, 0.25) is 0 Å². The summed E-state index contributed by atoms with van der Waals surface area (Å²) >= 11 is 0. The minimum absolute atomic E-state index is 0.0172. The predicted octanol–water partition coefficient (Wildman–Crippen LogP) is 11.9. The van der Waals surface area contributed by atoms with E-state index in [0.29, 0.717) is 0 Å². The predicted molar refractivity (Wildman–Crippen MR) is 243 cm³/mol. The third-order valence-corrected chi connectivity index (χ3v) is 13.0. The maximum Gasteiger partial charge on any atom is 0.252 e. The average Bonchev–Trinajstić information content (AvgIpc) is 3.58. The van der Waals surface area contributed by atoms with Gasteiger partial charge in [-0.2, -0.15) is 0 Å². The Bertz CT molecular complexity index is 2740. The molecule has 4 heteroatoms. The first kappa shape index (κ1) is 36.2. The van der Waals surface area contributed by atoms with Gasteiger partial charge in [-0.15, -0.1) is 0 Å². The molecule has 0 bridgehead atoms. The minimum atomic E-state index is -0.201. The summed E-state index contributed by atoms with van der Waals surface area (Å²) in [5, 5.41) is 5.47. The molecule has 0 saturated heterocycles. The molecule has 0 N–H and O–H groups in total. The molecular formula is C51H60BN3. The molecule has 2 aliphatic heterocycles. The number of hydrogen-bond donors (Lipinski definition) is 0. The molecule has 4 heterocycles. The number of aromatic nitrogens is 1. The summed E-state index contributed by atoms with van der Waals surface area (Å²) in [6, 6.07) is 29.4. The largest absolute Gasteiger partial charge is 0.345 e. The Morgan fingerprint density at radius 2 is 0.855 bits per heavy atom. The summed E-state index contributed by atoms with van der Waals surface area (Å²) < 4.78 is 2.62. The molecular weight excluding hydrogens is 665 g/mol. The van der Waals surface area contributed by atoms with E-state index in [4.69, 9.17) is 0 Å². The second-order valence-electron chi connectivity index (χ2n) is 22.1. The number of fused-ring (bicyclic) bond motifs is 12. The van der Waals surface area contributed by atoms with Gasteiger partial charge in [0.1, 0.15) is 0 Å². The summed E-state index contributed by atoms with van der Waals surface area (Å²) in [6.45, 7) is 35.5. The number of benzene rings is 5. The molecule has 5 aromatic carbocycles. The van der Waals surface area contributed by atoms with Crippen LogP contribution >= 0.6 is 0 Å². The molecule has 0 unspecified atom stereocenters. The van der Waals surface area contributed by atoms with Crippen molar-refractivity contribution in [2.45, 2.75) is 131 Å². The highest BCUT2D eigenvalue weighted by atomic mass is 15.2. The lowest BCUT2D eigenvalue weighted by atomic mass is 9.33. The first-order valence-corrected chi connectivity index (χ1v) is 20.6. The van der Waals surface area contributed by atoms with E-state index in [1.165, 1.54) is 99.5 Å². The molecule has 3 nitrogen and oxygen atoms in total. The molecule has 0 radical (unpaired) electrons. The van der Waals surface area contributed by atoms with E-state index in [2.05, 4.69) is 198 Å². The van der Waals surface area contributed by atoms with Gasteiger partial charge in [0, 0.05) is 56.9 Å². The van der Waals surface area contributed by atoms with Gasteiger partial charge in [0.05, 0.1) is 16.6 Å². The number of hydrogen-bond acceptors (Lipinski definition) is 2. The summed E-state index contributed by atoms with van der Waals surface area (Å²) in [6.07, 6.45) is 0. The molecule has 0 aliphatic carbocycles. The van der Waals surface area contributed by atoms with E-state index < -0.39 is 0 Å². The fourth-order valence-electron chi connectivity index (χ4n) is 9.91. The van der Waals surface area contributed by atoms with Crippen molar-refractivity contribution in [3.63, 3.8) is 0 Å². The van der Waals surface area contributed by atoms with Crippen molar-refractivity contribution in [3.8, 4) is 0 Å². The zero-order chi connectivity index (χ0) is 39.7. The zero-order valence-corrected chi connectivity index (χ0v) is 36.3. The van der Waals surface area contributed by atoms with Gasteiger partial charge >= 0.3 is 0 Å². The lowest BCUT2D eigenvalue weighted by Gasteiger charge is -2.49. The van der Waals surface area contributed by atoms with Crippen LogP contribution in [0, 0.1) is 0 Å². The van der Waals surface area contributed by atoms with Crippen LogP contribution in [-0.4, -0.2) is 23.7 Å². The Labute approximate surface area is 330 Å². The van der Waals surface area contributed by atoms with Gasteiger partial charge in [-0.3, -0.25) is 0 Å². The van der Waals surface area contributed by atoms with Gasteiger partial charge in [-0.1, -0.05) is 119 Å². The second kappa shape index (κ2) is 10.9. The molecule has 282 valence electrons. The normalized spacial score (nSPS) is 15.2. The zero-order valence-electron chi connectivity index (χ0n) is 36.3. The standard InChI is InChI=1S/C51H60BN3/c1-47(2,3)29-17-21-37-33(25-29)41-44-42(34-26-30(48(4,5)6)18-22-38(34)54(37)44)46-43-45(41)53(16)39-23-19-31(49(7,8)9)27-35(39)52(43)36-28-32(50(10,11)12)20-24-40(36)55(46)51(13,14)15/h17-28H,1-16H3. The summed E-state index contributed by atoms with van der Waals surface area (Å²) in [7, 11) is 2.34. The lowest BCUT2D eigenvalue weighted by molar-refractivity contribution is 0.561. The van der Waals surface area contributed by atoms with Crippen LogP contribution in [0.15, 0.2) is 72.8 Å². The SMILES string of the molecule is CN1c2ccc(C(C)(C)C)cc2B2c3cc(C(C)(C)C)ccc3N(C(C)(C)C)c3c2c1c1c2cc(C(C)(C)C)ccc2n2c4ccc(C(C)(C)C)cc4c3c12. The van der Waals surface area contributed by atoms with Crippen molar-refractivity contribution in [1.82, 2.24) is 4.40 Å². The first-order chi connectivity index (χ1) is 25.4. The van der Waals surface area contributed by atoms with Crippen LogP contribution in [0.5, 0.6) is 0 Å². The van der Waals surface area contributed by atoms with Gasteiger partial charge in [0.25, 0.3) is 6.71 Å². The van der Waals surface area contributed by atoms with Crippen LogP contribution in [0.4, 0.5) is 22.7 Å². The van der Waals surface area contributed by atoms with Crippen molar-refractivity contribution in [2.24, 2.45) is 0 Å². The fourth-order valence-corrected chi connectivity index (χ4v) is 9.91. The van der Waals surface area contributed by atoms with Gasteiger partial charge in [-0.05, 0) is 117 Å². The van der Waals surface area contributed by atoms with Gasteiger partial charge in [0.2, 0.25) is 0 Å². The first-order valence-electron chi connectivity index (χ1n) is 20.6. The second-order valence-corrected chi connectivity index (χ2v) is 22.1. The minimum Gasteiger partial charge on any atom is -0.345 e. The van der Waals surface area contributed by atoms with E-state index in [1.54, 1.807) is 0 Å². The van der Waals surface area contributed by atoms with Gasteiger partial charge < -0.3 is 14.2 Å². The maximum atomic E-state index is 2.73. The van der Waals surface area contributed by atoms with Crippen molar-refractivity contribution < 1.29 is 0 Å². The van der Waals surface area contributed by atoms with Crippen LogP contribution in [0.25, 0.3) is 38.1 Å². The summed E-state index contributed by atoms with van der Waals surface area (Å²) in [4.78, 5) is 5.29. The highest BCUT2D eigenvalue weighted by Gasteiger charge is 2.47. The Balaban J connectivity index is 1.58. The molecule has 2 aliphatic rings. The molecule has 2 aromatic heterocycles. The molecule has 0 amide bonds. The van der Waals surface area contributed by atoms with E-state index in [-0.39, 0.29) is 33.9 Å². The highest BCUT2D eigenvalue weighted by molar-refractivity contribution is 7.01. The van der Waals surface area contributed by atoms with Crippen LogP contribution in [0.1, 0.15) is 126 Å². The molecule has 0 saturated carbocycles. The Hall–Kier alpha value is -4.44. The number of rotatable bonds is 0. The summed E-state index contributed by atoms with van der Waals surface area (Å²) in [5.41, 5.74) is 19.0. The van der Waals surface area contributed by atoms with Crippen LogP contribution < -0.4 is 26.2 Å². The molecule has 0 atom stereocenters. The number of anilines is 4. The molecule has 7 aromatic rings. The van der Waals surface area contributed by atoms with E-state index >= 15 is 0 Å². The Morgan fingerprint density at radius 3 is 1.31 bits per heavy atom. The van der Waals surface area contributed by atoms with E-state index in [9.17, 15) is 0 Å². The average molecular weight is 726 g/mol. The van der Waals surface area contributed by atoms with Crippen molar-refractivity contribution >= 4 is 83.9 Å². The van der Waals surface area contributed by atoms with Crippen molar-refractivity contribution in [2.75, 3.05) is 16.8 Å². The maximum absolute atomic E-state index is 2.73. The van der Waals surface area contributed by atoms with Crippen LogP contribution in [-0.2, 0) is 21.7 Å². The highest BCUT2D eigenvalue weighted by Crippen LogP contribution is 2.53. The van der Waals surface area contributed by atoms with Gasteiger partial charge in [0.15, 0.2) is 0 Å². The molecule has 0 fully saturated rings. The van der Waals surface area contributed by atoms with E-state index in [1.807, 2.05) is 0 Å². The fraction of sp³-hybridized carbons (Fsp3) is 0.412. The van der Waals surface area contributed by atoms with Gasteiger partial charge in [-0.25, -0.2) is 0 Å². The Morgan fingerprint density at radius 1 is 0.455 bits per heavy atom. The van der Waals surface area contributed by atoms with E-state index in [0.717, 1.165) is 0 Å². The quantitative estimate of drug-likeness (QED) is 0.144. The molecule has 9 rings (SSSR count). The molecule has 0 spiro atoms. The van der Waals surface area contributed by atoms with Crippen molar-refractivity contribution in [1.29, 1.82) is 0 Å². The summed E-state index contributed by atoms with van der Waals surface area (Å²) in [5.74, 6) is 0. The molecule has 55 heavy (non-hydrogen) atoms. The Kier molecular flexibility index (Phi) is 7.18. The van der Waals surface area contributed by atoms with Crippen LogP contribution in [0.3, 0.4) is 0 Å². The topological polar surface area (TPSA) is 10.9 Å². The smallest absolute Gasteiger partial charge is 0.252 e. The third kappa shape index (κ3) is 5.01. The lowest BCUT2D eigenvalue weighted by Crippen LogP contribution is -2.64. The number of nitrogens with zero attached hydrogens (tertiary/aromatic N) is 3.